The number of rotatable bonds is 4. The number of carboxylic acid groups (broad SMARTS) is 1. The molecule has 1 amide bonds. The van der Waals surface area contributed by atoms with Crippen molar-refractivity contribution in [2.24, 2.45) is 5.92 Å². The van der Waals surface area contributed by atoms with Gasteiger partial charge in [-0.15, -0.1) is 0 Å². The molecule has 16 heavy (non-hydrogen) atoms. The van der Waals surface area contributed by atoms with Gasteiger partial charge in [0.05, 0.1) is 5.75 Å². The Morgan fingerprint density at radius 3 is 2.31 bits per heavy atom. The third-order valence-corrected chi connectivity index (χ3v) is 4.05. The van der Waals surface area contributed by atoms with Crippen LogP contribution in [0.15, 0.2) is 0 Å². The summed E-state index contributed by atoms with van der Waals surface area (Å²) < 4.78 is 22.0. The van der Waals surface area contributed by atoms with Crippen molar-refractivity contribution in [1.82, 2.24) is 5.32 Å². The summed E-state index contributed by atoms with van der Waals surface area (Å²) in [5.41, 5.74) is 0. The molecule has 1 rings (SSSR count). The van der Waals surface area contributed by atoms with E-state index in [1.807, 2.05) is 0 Å². The zero-order valence-electron chi connectivity index (χ0n) is 9.48. The van der Waals surface area contributed by atoms with Gasteiger partial charge in [-0.05, 0) is 38.0 Å². The first-order valence-corrected chi connectivity index (χ1v) is 7.60. The third kappa shape index (κ3) is 5.34. The van der Waals surface area contributed by atoms with Crippen LogP contribution in [0.25, 0.3) is 0 Å². The molecule has 0 saturated heterocycles. The molecule has 1 fully saturated rings. The minimum absolute atomic E-state index is 0.0481. The van der Waals surface area contributed by atoms with Crippen LogP contribution in [0.2, 0.25) is 0 Å². The van der Waals surface area contributed by atoms with E-state index in [1.54, 1.807) is 0 Å². The van der Waals surface area contributed by atoms with E-state index in [-0.39, 0.29) is 11.8 Å². The zero-order valence-corrected chi connectivity index (χ0v) is 10.3. The van der Waals surface area contributed by atoms with E-state index in [1.165, 1.54) is 6.26 Å². The Kier molecular flexibility index (Phi) is 4.58. The van der Waals surface area contributed by atoms with Crippen molar-refractivity contribution in [3.63, 3.8) is 0 Å². The summed E-state index contributed by atoms with van der Waals surface area (Å²) in [5.74, 6) is 0.677. The van der Waals surface area contributed by atoms with Gasteiger partial charge >= 0.3 is 6.09 Å². The van der Waals surface area contributed by atoms with E-state index < -0.39 is 15.9 Å². The maximum Gasteiger partial charge on any atom is 0.404 e. The van der Waals surface area contributed by atoms with Crippen LogP contribution in [0.4, 0.5) is 4.79 Å². The highest BCUT2D eigenvalue weighted by molar-refractivity contribution is 7.90. The van der Waals surface area contributed by atoms with Gasteiger partial charge in [0, 0.05) is 12.3 Å². The van der Waals surface area contributed by atoms with Crippen LogP contribution in [-0.2, 0) is 9.84 Å². The number of amides is 1. The smallest absolute Gasteiger partial charge is 0.404 e. The van der Waals surface area contributed by atoms with Crippen molar-refractivity contribution >= 4 is 15.9 Å². The lowest BCUT2D eigenvalue weighted by Crippen LogP contribution is -2.36. The summed E-state index contributed by atoms with van der Waals surface area (Å²) in [6.45, 7) is 0. The normalized spacial score (nSPS) is 26.3. The van der Waals surface area contributed by atoms with E-state index in [0.29, 0.717) is 12.3 Å². The predicted octanol–water partition coefficient (Wildman–Crippen LogP) is 1.25. The predicted molar refractivity (Wildman–Crippen MR) is 61.2 cm³/mol. The van der Waals surface area contributed by atoms with E-state index in [0.717, 1.165) is 25.7 Å². The summed E-state index contributed by atoms with van der Waals surface area (Å²) in [5, 5.41) is 11.0. The van der Waals surface area contributed by atoms with Crippen molar-refractivity contribution in [3.8, 4) is 0 Å². The Morgan fingerprint density at radius 1 is 1.31 bits per heavy atom. The lowest BCUT2D eigenvalue weighted by molar-refractivity contribution is 0.182. The molecule has 0 atom stereocenters. The second kappa shape index (κ2) is 5.52. The molecule has 2 N–H and O–H groups in total. The van der Waals surface area contributed by atoms with E-state index in [9.17, 15) is 13.2 Å². The molecule has 0 heterocycles. The Hall–Kier alpha value is -0.780. The topological polar surface area (TPSA) is 83.5 Å². The van der Waals surface area contributed by atoms with Crippen LogP contribution in [0.3, 0.4) is 0 Å². The first-order chi connectivity index (χ1) is 7.37. The van der Waals surface area contributed by atoms with Gasteiger partial charge in [0.25, 0.3) is 0 Å². The van der Waals surface area contributed by atoms with Crippen LogP contribution in [0.1, 0.15) is 32.1 Å². The number of nitrogens with one attached hydrogen (secondary N) is 1. The number of hydrogen-bond acceptors (Lipinski definition) is 3. The second-order valence-electron chi connectivity index (χ2n) is 4.59. The molecular weight excluding hydrogens is 230 g/mol. The van der Waals surface area contributed by atoms with Gasteiger partial charge in [0.15, 0.2) is 0 Å². The van der Waals surface area contributed by atoms with E-state index in [2.05, 4.69) is 5.32 Å². The Morgan fingerprint density at radius 2 is 1.88 bits per heavy atom. The number of hydrogen-bond donors (Lipinski definition) is 2. The molecular formula is C10H19NO4S. The lowest BCUT2D eigenvalue weighted by Gasteiger charge is -2.28. The van der Waals surface area contributed by atoms with Crippen molar-refractivity contribution in [2.75, 3.05) is 12.0 Å². The molecule has 6 heteroatoms. The fourth-order valence-corrected chi connectivity index (χ4v) is 2.91. The summed E-state index contributed by atoms with van der Waals surface area (Å²) in [6.07, 6.45) is 4.46. The highest BCUT2D eigenvalue weighted by Crippen LogP contribution is 2.27. The van der Waals surface area contributed by atoms with Crippen LogP contribution < -0.4 is 5.32 Å². The van der Waals surface area contributed by atoms with Gasteiger partial charge in [-0.2, -0.15) is 0 Å². The molecule has 0 aliphatic heterocycles. The van der Waals surface area contributed by atoms with Gasteiger partial charge in [-0.1, -0.05) is 0 Å². The standard InChI is InChI=1S/C10H19NO4S/c1-16(14,15)7-6-8-2-4-9(5-3-8)11-10(12)13/h8-9,11H,2-7H2,1H3,(H,12,13)/t8-,9-. The van der Waals surface area contributed by atoms with E-state index in [4.69, 9.17) is 5.11 Å². The number of carbonyl (C=O) groups is 1. The van der Waals surface area contributed by atoms with Crippen LogP contribution >= 0.6 is 0 Å². The molecule has 0 radical (unpaired) electrons. The van der Waals surface area contributed by atoms with Crippen LogP contribution in [-0.4, -0.2) is 37.7 Å². The Bertz CT molecular complexity index is 331. The number of sulfone groups is 1. The average molecular weight is 249 g/mol. The third-order valence-electron chi connectivity index (χ3n) is 3.07. The molecule has 0 aromatic rings. The van der Waals surface area contributed by atoms with Crippen molar-refractivity contribution in [1.29, 1.82) is 0 Å². The minimum atomic E-state index is -2.87. The van der Waals surface area contributed by atoms with E-state index >= 15 is 0 Å². The highest BCUT2D eigenvalue weighted by Gasteiger charge is 2.22. The van der Waals surface area contributed by atoms with Crippen molar-refractivity contribution in [2.45, 2.75) is 38.1 Å². The molecule has 5 nitrogen and oxygen atoms in total. The van der Waals surface area contributed by atoms with Crippen molar-refractivity contribution in [3.05, 3.63) is 0 Å². The second-order valence-corrected chi connectivity index (χ2v) is 6.85. The first kappa shape index (κ1) is 13.3. The molecule has 1 aliphatic rings. The molecule has 0 aromatic heterocycles. The maximum absolute atomic E-state index is 11.0. The van der Waals surface area contributed by atoms with Gasteiger partial charge in [0.2, 0.25) is 0 Å². The molecule has 0 unspecified atom stereocenters. The Balaban J connectivity index is 2.24. The maximum atomic E-state index is 11.0. The monoisotopic (exact) mass is 249 g/mol. The molecule has 0 spiro atoms. The highest BCUT2D eigenvalue weighted by atomic mass is 32.2. The summed E-state index contributed by atoms with van der Waals surface area (Å²) >= 11 is 0. The summed E-state index contributed by atoms with van der Waals surface area (Å²) in [7, 11) is -2.87. The first-order valence-electron chi connectivity index (χ1n) is 5.54. The minimum Gasteiger partial charge on any atom is -0.465 e. The Labute approximate surface area is 96.1 Å². The van der Waals surface area contributed by atoms with Gasteiger partial charge in [-0.25, -0.2) is 13.2 Å². The molecule has 0 bridgehead atoms. The van der Waals surface area contributed by atoms with Gasteiger partial charge < -0.3 is 10.4 Å². The average Bonchev–Trinajstić information content (AvgIpc) is 2.14. The molecule has 1 aliphatic carbocycles. The fraction of sp³-hybridized carbons (Fsp3) is 0.900. The van der Waals surface area contributed by atoms with Crippen LogP contribution in [0.5, 0.6) is 0 Å². The molecule has 94 valence electrons. The lowest BCUT2D eigenvalue weighted by atomic mass is 9.84. The zero-order chi connectivity index (χ0) is 12.2. The van der Waals surface area contributed by atoms with Gasteiger partial charge in [-0.3, -0.25) is 0 Å². The largest absolute Gasteiger partial charge is 0.465 e. The SMILES string of the molecule is CS(=O)(=O)CC[C@H]1CC[C@H](NC(=O)O)CC1. The summed E-state index contributed by atoms with van der Waals surface area (Å²) in [6, 6.07) is 0.0481. The van der Waals surface area contributed by atoms with Crippen LogP contribution in [0, 0.1) is 5.92 Å². The van der Waals surface area contributed by atoms with Crippen molar-refractivity contribution < 1.29 is 18.3 Å². The summed E-state index contributed by atoms with van der Waals surface area (Å²) in [4.78, 5) is 10.4. The molecule has 0 aromatic carbocycles. The fourth-order valence-electron chi connectivity index (χ4n) is 2.15. The molecule has 1 saturated carbocycles. The quantitative estimate of drug-likeness (QED) is 0.785. The van der Waals surface area contributed by atoms with Gasteiger partial charge in [0.1, 0.15) is 9.84 Å².